The third-order valence-corrected chi connectivity index (χ3v) is 5.55. The number of rotatable bonds is 3. The molecule has 4 aromatic carbocycles. The first-order valence-electron chi connectivity index (χ1n) is 9.61. The lowest BCUT2D eigenvalue weighted by molar-refractivity contribution is 0.373. The molecule has 3 heteroatoms. The highest BCUT2D eigenvalue weighted by Crippen LogP contribution is 2.42. The van der Waals surface area contributed by atoms with E-state index in [0.717, 1.165) is 49.7 Å². The maximum Gasteiger partial charge on any atom is 0.161 e. The van der Waals surface area contributed by atoms with E-state index in [0.29, 0.717) is 11.5 Å². The predicted molar refractivity (Wildman–Crippen MR) is 119 cm³/mol. The summed E-state index contributed by atoms with van der Waals surface area (Å²) in [5.74, 6) is 0.904. The van der Waals surface area contributed by atoms with Gasteiger partial charge in [0.25, 0.3) is 0 Å². The summed E-state index contributed by atoms with van der Waals surface area (Å²) >= 11 is 0. The van der Waals surface area contributed by atoms with Crippen molar-refractivity contribution in [2.75, 3.05) is 7.11 Å². The van der Waals surface area contributed by atoms with Gasteiger partial charge in [-0.25, -0.2) is 0 Å². The summed E-state index contributed by atoms with van der Waals surface area (Å²) in [6.45, 7) is 5.93. The van der Waals surface area contributed by atoms with E-state index < -0.39 is 0 Å². The van der Waals surface area contributed by atoms with Gasteiger partial charge in [0.15, 0.2) is 11.5 Å². The van der Waals surface area contributed by atoms with Crippen LogP contribution in [0.3, 0.4) is 0 Å². The number of fused-ring (bicyclic) bond motifs is 1. The van der Waals surface area contributed by atoms with Crippen molar-refractivity contribution < 1.29 is 14.9 Å². The molecule has 0 unspecified atom stereocenters. The number of ether oxygens (including phenoxy) is 1. The van der Waals surface area contributed by atoms with Crippen LogP contribution >= 0.6 is 0 Å². The fourth-order valence-corrected chi connectivity index (χ4v) is 4.01. The van der Waals surface area contributed by atoms with Crippen molar-refractivity contribution in [3.05, 3.63) is 77.4 Å². The Kier molecular flexibility index (Phi) is 4.67. The van der Waals surface area contributed by atoms with Crippen molar-refractivity contribution in [3.63, 3.8) is 0 Å². The number of phenolic OH excluding ortho intramolecular Hbond substituents is 2. The summed E-state index contributed by atoms with van der Waals surface area (Å²) < 4.78 is 5.36. The molecule has 3 nitrogen and oxygen atoms in total. The molecule has 0 amide bonds. The van der Waals surface area contributed by atoms with E-state index in [2.05, 4.69) is 36.4 Å². The Balaban J connectivity index is 2.08. The molecule has 146 valence electrons. The van der Waals surface area contributed by atoms with E-state index in [-0.39, 0.29) is 5.75 Å². The van der Waals surface area contributed by atoms with Gasteiger partial charge in [-0.1, -0.05) is 36.4 Å². The lowest BCUT2D eigenvalue weighted by Crippen LogP contribution is -1.93. The summed E-state index contributed by atoms with van der Waals surface area (Å²) in [5, 5.41) is 22.5. The quantitative estimate of drug-likeness (QED) is 0.423. The number of phenols is 2. The fraction of sp³-hybridized carbons (Fsp3) is 0.154. The van der Waals surface area contributed by atoms with Crippen LogP contribution in [0.4, 0.5) is 0 Å². The maximum absolute atomic E-state index is 10.2. The van der Waals surface area contributed by atoms with E-state index in [1.807, 2.05) is 39.0 Å². The van der Waals surface area contributed by atoms with Crippen LogP contribution < -0.4 is 4.74 Å². The molecule has 0 bridgehead atoms. The monoisotopic (exact) mass is 384 g/mol. The zero-order valence-corrected chi connectivity index (χ0v) is 17.1. The van der Waals surface area contributed by atoms with Crippen LogP contribution in [0.5, 0.6) is 17.2 Å². The third kappa shape index (κ3) is 3.19. The SMILES string of the molecule is COc1cc(-c2cccc3cccc(-c4cc(C)c(O)cc4C)c23)c(C)cc1O. The first-order chi connectivity index (χ1) is 13.9. The van der Waals surface area contributed by atoms with E-state index in [1.54, 1.807) is 13.2 Å². The molecular weight excluding hydrogens is 360 g/mol. The van der Waals surface area contributed by atoms with Crippen LogP contribution in [0.1, 0.15) is 16.7 Å². The molecule has 4 rings (SSSR count). The first kappa shape index (κ1) is 18.9. The van der Waals surface area contributed by atoms with Crippen molar-refractivity contribution in [3.8, 4) is 39.5 Å². The topological polar surface area (TPSA) is 49.7 Å². The van der Waals surface area contributed by atoms with Crippen LogP contribution in [-0.2, 0) is 0 Å². The molecule has 0 aliphatic carbocycles. The molecule has 0 fully saturated rings. The first-order valence-corrected chi connectivity index (χ1v) is 9.61. The minimum absolute atomic E-state index is 0.138. The normalized spacial score (nSPS) is 11.0. The van der Waals surface area contributed by atoms with Gasteiger partial charge in [-0.2, -0.15) is 0 Å². The predicted octanol–water partition coefficient (Wildman–Crippen LogP) is 6.52. The van der Waals surface area contributed by atoms with Crippen LogP contribution in [-0.4, -0.2) is 17.3 Å². The fourth-order valence-electron chi connectivity index (χ4n) is 4.01. The second-order valence-electron chi connectivity index (χ2n) is 7.50. The van der Waals surface area contributed by atoms with Gasteiger partial charge in [-0.3, -0.25) is 0 Å². The molecule has 0 aliphatic heterocycles. The Bertz CT molecular complexity index is 1230. The Hall–Kier alpha value is -3.46. The van der Waals surface area contributed by atoms with Crippen LogP contribution in [0.15, 0.2) is 60.7 Å². The second-order valence-corrected chi connectivity index (χ2v) is 7.50. The van der Waals surface area contributed by atoms with Gasteiger partial charge in [-0.05, 0) is 94.8 Å². The Morgan fingerprint density at radius 1 is 0.621 bits per heavy atom. The Morgan fingerprint density at radius 3 is 1.76 bits per heavy atom. The minimum atomic E-state index is 0.138. The molecule has 4 aromatic rings. The number of aromatic hydroxyl groups is 2. The van der Waals surface area contributed by atoms with Crippen LogP contribution in [0.25, 0.3) is 33.0 Å². The van der Waals surface area contributed by atoms with E-state index >= 15 is 0 Å². The van der Waals surface area contributed by atoms with E-state index in [9.17, 15) is 10.2 Å². The lowest BCUT2D eigenvalue weighted by atomic mass is 9.88. The summed E-state index contributed by atoms with van der Waals surface area (Å²) in [4.78, 5) is 0. The summed E-state index contributed by atoms with van der Waals surface area (Å²) in [7, 11) is 1.56. The van der Waals surface area contributed by atoms with E-state index in [4.69, 9.17) is 4.74 Å². The number of hydrogen-bond acceptors (Lipinski definition) is 3. The largest absolute Gasteiger partial charge is 0.508 e. The number of aryl methyl sites for hydroxylation is 3. The number of methoxy groups -OCH3 is 1. The van der Waals surface area contributed by atoms with Crippen molar-refractivity contribution in [2.45, 2.75) is 20.8 Å². The van der Waals surface area contributed by atoms with Gasteiger partial charge in [0.2, 0.25) is 0 Å². The van der Waals surface area contributed by atoms with Crippen LogP contribution in [0, 0.1) is 20.8 Å². The third-order valence-electron chi connectivity index (χ3n) is 5.55. The highest BCUT2D eigenvalue weighted by molar-refractivity contribution is 6.07. The smallest absolute Gasteiger partial charge is 0.161 e. The Morgan fingerprint density at radius 2 is 1.17 bits per heavy atom. The van der Waals surface area contributed by atoms with Gasteiger partial charge in [0.05, 0.1) is 7.11 Å². The molecular formula is C26H24O3. The maximum atomic E-state index is 10.2. The average Bonchev–Trinajstić information content (AvgIpc) is 2.70. The van der Waals surface area contributed by atoms with Gasteiger partial charge in [0, 0.05) is 0 Å². The average molecular weight is 384 g/mol. The molecule has 0 atom stereocenters. The van der Waals surface area contributed by atoms with Crippen molar-refractivity contribution in [1.29, 1.82) is 0 Å². The molecule has 0 saturated heterocycles. The second kappa shape index (κ2) is 7.17. The van der Waals surface area contributed by atoms with Crippen molar-refractivity contribution in [1.82, 2.24) is 0 Å². The summed E-state index contributed by atoms with van der Waals surface area (Å²) in [6.07, 6.45) is 0. The molecule has 0 aromatic heterocycles. The zero-order chi connectivity index (χ0) is 20.7. The van der Waals surface area contributed by atoms with Gasteiger partial charge < -0.3 is 14.9 Å². The summed E-state index contributed by atoms with van der Waals surface area (Å²) in [5.41, 5.74) is 7.17. The summed E-state index contributed by atoms with van der Waals surface area (Å²) in [6, 6.07) is 20.1. The molecule has 0 saturated carbocycles. The molecule has 0 spiro atoms. The number of benzene rings is 4. The lowest BCUT2D eigenvalue weighted by Gasteiger charge is -2.17. The van der Waals surface area contributed by atoms with Gasteiger partial charge in [0.1, 0.15) is 5.75 Å². The minimum Gasteiger partial charge on any atom is -0.508 e. The van der Waals surface area contributed by atoms with E-state index in [1.165, 1.54) is 0 Å². The van der Waals surface area contributed by atoms with Crippen molar-refractivity contribution >= 4 is 10.8 Å². The van der Waals surface area contributed by atoms with Crippen LogP contribution in [0.2, 0.25) is 0 Å². The molecule has 0 radical (unpaired) electrons. The van der Waals surface area contributed by atoms with Gasteiger partial charge >= 0.3 is 0 Å². The highest BCUT2D eigenvalue weighted by atomic mass is 16.5. The zero-order valence-electron chi connectivity index (χ0n) is 17.1. The molecule has 0 aliphatic rings. The van der Waals surface area contributed by atoms with Gasteiger partial charge in [-0.15, -0.1) is 0 Å². The molecule has 0 heterocycles. The standard InChI is InChI=1S/C26H24O3/c1-15-12-23(27)17(3)11-21(15)19-9-5-7-18-8-6-10-20(26(18)19)22-14-25(29-4)24(28)13-16(22)2/h5-14,27-28H,1-4H3. The highest BCUT2D eigenvalue weighted by Gasteiger charge is 2.16. The molecule has 2 N–H and O–H groups in total. The molecule has 29 heavy (non-hydrogen) atoms. The van der Waals surface area contributed by atoms with Crippen molar-refractivity contribution in [2.24, 2.45) is 0 Å². The number of hydrogen-bond donors (Lipinski definition) is 2. The Labute approximate surface area is 170 Å².